The molecule has 3 heteroatoms. The summed E-state index contributed by atoms with van der Waals surface area (Å²) in [5, 5.41) is 8.52. The Hall–Kier alpha value is -0.570. The van der Waals surface area contributed by atoms with E-state index in [9.17, 15) is 4.79 Å². The molecular formula is C9H17NO2. The minimum absolute atomic E-state index is 0.177. The molecule has 0 atom stereocenters. The Labute approximate surface area is 73.4 Å². The molecule has 1 rings (SSSR count). The Morgan fingerprint density at radius 1 is 1.50 bits per heavy atom. The number of aliphatic carboxylic acids is 1. The van der Waals surface area contributed by atoms with Crippen LogP contribution in [-0.2, 0) is 4.79 Å². The molecular weight excluding hydrogens is 154 g/mol. The highest BCUT2D eigenvalue weighted by Crippen LogP contribution is 2.24. The molecule has 0 amide bonds. The second-order valence-electron chi connectivity index (χ2n) is 3.74. The summed E-state index contributed by atoms with van der Waals surface area (Å²) in [5.41, 5.74) is 0. The number of hydrogen-bond donors (Lipinski definition) is 1. The summed E-state index contributed by atoms with van der Waals surface area (Å²) in [6.45, 7) is 1.13. The van der Waals surface area contributed by atoms with Gasteiger partial charge in [0, 0.05) is 6.54 Å². The van der Waals surface area contributed by atoms with Gasteiger partial charge in [-0.2, -0.15) is 0 Å². The average molecular weight is 171 g/mol. The van der Waals surface area contributed by atoms with Crippen LogP contribution in [0, 0.1) is 5.92 Å². The normalized spacial score (nSPS) is 18.8. The van der Waals surface area contributed by atoms with E-state index in [4.69, 9.17) is 5.11 Å². The lowest BCUT2D eigenvalue weighted by Gasteiger charge is -2.18. The molecule has 0 saturated heterocycles. The SMILES string of the molecule is CN(CC(=O)O)CC1CCCC1. The van der Waals surface area contributed by atoms with Crippen molar-refractivity contribution in [3.8, 4) is 0 Å². The molecule has 3 nitrogen and oxygen atoms in total. The third-order valence-corrected chi connectivity index (χ3v) is 2.45. The molecule has 1 N–H and O–H groups in total. The van der Waals surface area contributed by atoms with E-state index in [2.05, 4.69) is 0 Å². The van der Waals surface area contributed by atoms with Crippen LogP contribution in [-0.4, -0.2) is 36.1 Å². The molecule has 0 unspecified atom stereocenters. The Morgan fingerprint density at radius 3 is 2.58 bits per heavy atom. The lowest BCUT2D eigenvalue weighted by Crippen LogP contribution is -2.29. The molecule has 1 saturated carbocycles. The van der Waals surface area contributed by atoms with Crippen molar-refractivity contribution in [3.05, 3.63) is 0 Å². The summed E-state index contributed by atoms with van der Waals surface area (Å²) >= 11 is 0. The van der Waals surface area contributed by atoms with Crippen molar-refractivity contribution in [3.63, 3.8) is 0 Å². The molecule has 0 heterocycles. The van der Waals surface area contributed by atoms with Crippen molar-refractivity contribution in [2.75, 3.05) is 20.1 Å². The Balaban J connectivity index is 2.16. The predicted molar refractivity (Wildman–Crippen MR) is 47.1 cm³/mol. The topological polar surface area (TPSA) is 40.5 Å². The van der Waals surface area contributed by atoms with Crippen LogP contribution in [0.15, 0.2) is 0 Å². The van der Waals surface area contributed by atoms with Crippen LogP contribution in [0.25, 0.3) is 0 Å². The molecule has 12 heavy (non-hydrogen) atoms. The minimum atomic E-state index is -0.726. The van der Waals surface area contributed by atoms with Gasteiger partial charge < -0.3 is 5.11 Å². The molecule has 70 valence electrons. The number of carbonyl (C=O) groups is 1. The van der Waals surface area contributed by atoms with Crippen LogP contribution >= 0.6 is 0 Å². The summed E-state index contributed by atoms with van der Waals surface area (Å²) in [4.78, 5) is 12.2. The first kappa shape index (κ1) is 9.52. The van der Waals surface area contributed by atoms with E-state index in [0.29, 0.717) is 0 Å². The minimum Gasteiger partial charge on any atom is -0.480 e. The zero-order valence-electron chi connectivity index (χ0n) is 7.62. The van der Waals surface area contributed by atoms with Gasteiger partial charge in [-0.05, 0) is 25.8 Å². The highest BCUT2D eigenvalue weighted by Gasteiger charge is 2.17. The van der Waals surface area contributed by atoms with Gasteiger partial charge in [-0.25, -0.2) is 0 Å². The number of nitrogens with zero attached hydrogens (tertiary/aromatic N) is 1. The maximum atomic E-state index is 10.3. The van der Waals surface area contributed by atoms with E-state index in [1.807, 2.05) is 11.9 Å². The van der Waals surface area contributed by atoms with E-state index in [0.717, 1.165) is 12.5 Å². The summed E-state index contributed by atoms with van der Waals surface area (Å²) < 4.78 is 0. The van der Waals surface area contributed by atoms with Gasteiger partial charge in [-0.3, -0.25) is 9.69 Å². The van der Waals surface area contributed by atoms with Gasteiger partial charge in [-0.1, -0.05) is 12.8 Å². The largest absolute Gasteiger partial charge is 0.480 e. The van der Waals surface area contributed by atoms with E-state index in [-0.39, 0.29) is 6.54 Å². The van der Waals surface area contributed by atoms with E-state index in [1.54, 1.807) is 0 Å². The standard InChI is InChI=1S/C9H17NO2/c1-10(7-9(11)12)6-8-4-2-3-5-8/h8H,2-7H2,1H3,(H,11,12). The average Bonchev–Trinajstić information content (AvgIpc) is 2.37. The van der Waals surface area contributed by atoms with Crippen molar-refractivity contribution in [2.45, 2.75) is 25.7 Å². The third-order valence-electron chi connectivity index (χ3n) is 2.45. The molecule has 1 fully saturated rings. The monoisotopic (exact) mass is 171 g/mol. The molecule has 0 bridgehead atoms. The first-order chi connectivity index (χ1) is 5.68. The zero-order chi connectivity index (χ0) is 8.97. The van der Waals surface area contributed by atoms with Gasteiger partial charge in [0.15, 0.2) is 0 Å². The first-order valence-corrected chi connectivity index (χ1v) is 4.59. The Kier molecular flexibility index (Phi) is 3.53. The van der Waals surface area contributed by atoms with Gasteiger partial charge in [0.05, 0.1) is 6.54 Å². The number of rotatable bonds is 4. The molecule has 1 aliphatic rings. The Morgan fingerprint density at radius 2 is 2.08 bits per heavy atom. The summed E-state index contributed by atoms with van der Waals surface area (Å²) in [7, 11) is 1.88. The van der Waals surface area contributed by atoms with Crippen LogP contribution < -0.4 is 0 Å². The maximum absolute atomic E-state index is 10.3. The van der Waals surface area contributed by atoms with E-state index in [1.165, 1.54) is 25.7 Å². The summed E-state index contributed by atoms with van der Waals surface area (Å²) in [6, 6.07) is 0. The van der Waals surface area contributed by atoms with Crippen molar-refractivity contribution >= 4 is 5.97 Å². The molecule has 0 aliphatic heterocycles. The van der Waals surface area contributed by atoms with Crippen molar-refractivity contribution in [2.24, 2.45) is 5.92 Å². The Bertz CT molecular complexity index is 153. The molecule has 1 aliphatic carbocycles. The summed E-state index contributed by atoms with van der Waals surface area (Å²) in [5.74, 6) is 0.0184. The quantitative estimate of drug-likeness (QED) is 0.690. The molecule has 0 spiro atoms. The fraction of sp³-hybridized carbons (Fsp3) is 0.889. The number of carboxylic acids is 1. The second kappa shape index (κ2) is 4.45. The van der Waals surface area contributed by atoms with Gasteiger partial charge in [0.2, 0.25) is 0 Å². The van der Waals surface area contributed by atoms with Gasteiger partial charge >= 0.3 is 5.97 Å². The summed E-state index contributed by atoms with van der Waals surface area (Å²) in [6.07, 6.45) is 5.21. The van der Waals surface area contributed by atoms with Gasteiger partial charge in [0.1, 0.15) is 0 Å². The fourth-order valence-electron chi connectivity index (χ4n) is 1.93. The number of carboxylic acid groups (broad SMARTS) is 1. The molecule has 0 aromatic heterocycles. The second-order valence-corrected chi connectivity index (χ2v) is 3.74. The van der Waals surface area contributed by atoms with Gasteiger partial charge in [-0.15, -0.1) is 0 Å². The predicted octanol–water partition coefficient (Wildman–Crippen LogP) is 1.19. The van der Waals surface area contributed by atoms with E-state index < -0.39 is 5.97 Å². The highest BCUT2D eigenvalue weighted by molar-refractivity contribution is 5.68. The lowest BCUT2D eigenvalue weighted by atomic mass is 10.1. The van der Waals surface area contributed by atoms with Crippen molar-refractivity contribution in [1.29, 1.82) is 0 Å². The number of hydrogen-bond acceptors (Lipinski definition) is 2. The third kappa shape index (κ3) is 3.22. The first-order valence-electron chi connectivity index (χ1n) is 4.59. The van der Waals surface area contributed by atoms with Crippen LogP contribution in [0.3, 0.4) is 0 Å². The maximum Gasteiger partial charge on any atom is 0.317 e. The smallest absolute Gasteiger partial charge is 0.317 e. The molecule has 0 radical (unpaired) electrons. The van der Waals surface area contributed by atoms with Crippen molar-refractivity contribution < 1.29 is 9.90 Å². The lowest BCUT2D eigenvalue weighted by molar-refractivity contribution is -0.138. The van der Waals surface area contributed by atoms with E-state index >= 15 is 0 Å². The molecule has 0 aromatic carbocycles. The highest BCUT2D eigenvalue weighted by atomic mass is 16.4. The van der Waals surface area contributed by atoms with Crippen LogP contribution in [0.2, 0.25) is 0 Å². The number of likely N-dealkylation sites (N-methyl/N-ethyl adjacent to an activating group) is 1. The van der Waals surface area contributed by atoms with Crippen LogP contribution in [0.1, 0.15) is 25.7 Å². The van der Waals surface area contributed by atoms with Crippen LogP contribution in [0.5, 0.6) is 0 Å². The van der Waals surface area contributed by atoms with Crippen molar-refractivity contribution in [1.82, 2.24) is 4.90 Å². The molecule has 0 aromatic rings. The van der Waals surface area contributed by atoms with Gasteiger partial charge in [0.25, 0.3) is 0 Å². The fourth-order valence-corrected chi connectivity index (χ4v) is 1.93. The zero-order valence-corrected chi connectivity index (χ0v) is 7.62. The van der Waals surface area contributed by atoms with Crippen LogP contribution in [0.4, 0.5) is 0 Å².